The summed E-state index contributed by atoms with van der Waals surface area (Å²) in [4.78, 5) is 28.3. The molecule has 10 heteroatoms. The number of hydrogen-bond acceptors (Lipinski definition) is 5. The molecule has 0 fully saturated rings. The maximum Gasteiger partial charge on any atom is 0.264 e. The third-order valence-electron chi connectivity index (χ3n) is 6.09. The number of para-hydroxylation sites is 1. The lowest BCUT2D eigenvalue weighted by atomic mass is 10.1. The predicted octanol–water partition coefficient (Wildman–Crippen LogP) is 4.84. The molecule has 3 aromatic carbocycles. The summed E-state index contributed by atoms with van der Waals surface area (Å²) in [7, 11) is -2.63. The Kier molecular flexibility index (Phi) is 10.5. The van der Waals surface area contributed by atoms with Crippen molar-refractivity contribution in [1.82, 2.24) is 10.2 Å². The molecular formula is C29H34BrN3O5S. The van der Waals surface area contributed by atoms with Gasteiger partial charge in [0.1, 0.15) is 18.3 Å². The molecule has 0 radical (unpaired) electrons. The first kappa shape index (κ1) is 30.2. The molecule has 0 aliphatic carbocycles. The van der Waals surface area contributed by atoms with Crippen LogP contribution in [0.1, 0.15) is 26.3 Å². The van der Waals surface area contributed by atoms with E-state index in [-0.39, 0.29) is 23.3 Å². The van der Waals surface area contributed by atoms with E-state index in [9.17, 15) is 18.0 Å². The quantitative estimate of drug-likeness (QED) is 0.314. The summed E-state index contributed by atoms with van der Waals surface area (Å²) in [5, 5.41) is 2.88. The summed E-state index contributed by atoms with van der Waals surface area (Å²) < 4.78 is 34.7. The van der Waals surface area contributed by atoms with Crippen LogP contribution in [0.3, 0.4) is 0 Å². The van der Waals surface area contributed by atoms with Gasteiger partial charge in [-0.2, -0.15) is 0 Å². The number of amides is 2. The minimum absolute atomic E-state index is 0.0159. The summed E-state index contributed by atoms with van der Waals surface area (Å²) in [6.45, 7) is 5.72. The second-order valence-corrected chi connectivity index (χ2v) is 12.3. The van der Waals surface area contributed by atoms with Crippen molar-refractivity contribution in [3.8, 4) is 5.75 Å². The average molecular weight is 617 g/mol. The number of halogens is 1. The lowest BCUT2D eigenvalue weighted by Crippen LogP contribution is -2.51. The van der Waals surface area contributed by atoms with Gasteiger partial charge < -0.3 is 15.0 Å². The van der Waals surface area contributed by atoms with Gasteiger partial charge in [-0.25, -0.2) is 8.42 Å². The first-order chi connectivity index (χ1) is 18.5. The molecule has 3 aromatic rings. The average Bonchev–Trinajstić information content (AvgIpc) is 2.94. The first-order valence-electron chi connectivity index (χ1n) is 12.6. The van der Waals surface area contributed by atoms with Crippen molar-refractivity contribution in [3.05, 3.63) is 88.9 Å². The molecule has 0 aliphatic rings. The van der Waals surface area contributed by atoms with Crippen LogP contribution >= 0.6 is 15.9 Å². The Morgan fingerprint density at radius 3 is 2.10 bits per heavy atom. The van der Waals surface area contributed by atoms with Crippen LogP contribution in [0.25, 0.3) is 0 Å². The highest BCUT2D eigenvalue weighted by atomic mass is 79.9. The molecule has 0 aliphatic heterocycles. The monoisotopic (exact) mass is 615 g/mol. The van der Waals surface area contributed by atoms with Gasteiger partial charge in [0, 0.05) is 17.6 Å². The number of rotatable bonds is 12. The van der Waals surface area contributed by atoms with E-state index in [1.54, 1.807) is 49.4 Å². The number of carbonyl (C=O) groups excluding carboxylic acids is 2. The van der Waals surface area contributed by atoms with Crippen LogP contribution in [-0.4, -0.2) is 51.4 Å². The Labute approximate surface area is 239 Å². The number of benzene rings is 3. The molecule has 0 saturated heterocycles. The summed E-state index contributed by atoms with van der Waals surface area (Å²) in [6, 6.07) is 21.0. The van der Waals surface area contributed by atoms with Crippen molar-refractivity contribution in [1.29, 1.82) is 0 Å². The van der Waals surface area contributed by atoms with E-state index in [1.807, 2.05) is 38.1 Å². The molecule has 39 heavy (non-hydrogen) atoms. The molecular weight excluding hydrogens is 582 g/mol. The fourth-order valence-electron chi connectivity index (χ4n) is 3.82. The Bertz CT molecular complexity index is 1350. The van der Waals surface area contributed by atoms with Crippen LogP contribution in [0.2, 0.25) is 0 Å². The summed E-state index contributed by atoms with van der Waals surface area (Å²) in [6.07, 6.45) is 0. The van der Waals surface area contributed by atoms with Gasteiger partial charge in [-0.3, -0.25) is 13.9 Å². The van der Waals surface area contributed by atoms with Gasteiger partial charge in [0.05, 0.1) is 17.7 Å². The van der Waals surface area contributed by atoms with Gasteiger partial charge in [-0.15, -0.1) is 0 Å². The van der Waals surface area contributed by atoms with Crippen molar-refractivity contribution in [2.24, 2.45) is 5.92 Å². The van der Waals surface area contributed by atoms with Crippen LogP contribution in [0, 0.1) is 5.92 Å². The van der Waals surface area contributed by atoms with Crippen LogP contribution in [0.4, 0.5) is 5.69 Å². The topological polar surface area (TPSA) is 96.0 Å². The highest BCUT2D eigenvalue weighted by Crippen LogP contribution is 2.26. The van der Waals surface area contributed by atoms with Gasteiger partial charge >= 0.3 is 0 Å². The lowest BCUT2D eigenvalue weighted by molar-refractivity contribution is -0.139. The number of sulfonamides is 1. The third kappa shape index (κ3) is 8.06. The molecule has 0 bridgehead atoms. The Balaban J connectivity index is 1.98. The zero-order chi connectivity index (χ0) is 28.6. The van der Waals surface area contributed by atoms with E-state index in [0.29, 0.717) is 18.0 Å². The second-order valence-electron chi connectivity index (χ2n) is 9.49. The third-order valence-corrected chi connectivity index (χ3v) is 8.41. The molecule has 1 N–H and O–H groups in total. The Morgan fingerprint density at radius 1 is 0.923 bits per heavy atom. The van der Waals surface area contributed by atoms with Gasteiger partial charge in [-0.05, 0) is 66.9 Å². The largest absolute Gasteiger partial charge is 0.497 e. The zero-order valence-electron chi connectivity index (χ0n) is 22.5. The van der Waals surface area contributed by atoms with Crippen molar-refractivity contribution >= 4 is 43.5 Å². The van der Waals surface area contributed by atoms with Gasteiger partial charge in [0.25, 0.3) is 10.0 Å². The van der Waals surface area contributed by atoms with Crippen molar-refractivity contribution < 1.29 is 22.7 Å². The van der Waals surface area contributed by atoms with E-state index < -0.39 is 28.5 Å². The number of carbonyl (C=O) groups is 2. The Morgan fingerprint density at radius 2 is 1.54 bits per heavy atom. The standard InChI is InChI=1S/C29H34BrN3O5S/c1-21(2)18-31-29(35)22(3)32(19-23-10-12-24(30)13-11-23)28(34)20-33(25-8-6-5-7-9-25)39(36,37)27-16-14-26(38-4)15-17-27/h5-17,21-22H,18-20H2,1-4H3,(H,31,35). The highest BCUT2D eigenvalue weighted by Gasteiger charge is 2.32. The number of nitrogens with zero attached hydrogens (tertiary/aromatic N) is 2. The van der Waals surface area contributed by atoms with Crippen LogP contribution in [-0.2, 0) is 26.2 Å². The van der Waals surface area contributed by atoms with E-state index in [4.69, 9.17) is 4.74 Å². The summed E-state index contributed by atoms with van der Waals surface area (Å²) in [5.74, 6) is -0.0670. The number of methoxy groups -OCH3 is 1. The van der Waals surface area contributed by atoms with Crippen molar-refractivity contribution in [2.75, 3.05) is 24.5 Å². The fourth-order valence-corrected chi connectivity index (χ4v) is 5.50. The molecule has 8 nitrogen and oxygen atoms in total. The summed E-state index contributed by atoms with van der Waals surface area (Å²) >= 11 is 3.41. The molecule has 0 heterocycles. The van der Waals surface area contributed by atoms with Crippen LogP contribution in [0.15, 0.2) is 88.2 Å². The van der Waals surface area contributed by atoms with Crippen molar-refractivity contribution in [2.45, 2.75) is 38.3 Å². The van der Waals surface area contributed by atoms with Gasteiger partial charge in [-0.1, -0.05) is 60.1 Å². The molecule has 1 atom stereocenters. The van der Waals surface area contributed by atoms with Crippen LogP contribution < -0.4 is 14.4 Å². The minimum Gasteiger partial charge on any atom is -0.497 e. The minimum atomic E-state index is -4.13. The molecule has 2 amide bonds. The maximum atomic E-state index is 13.9. The zero-order valence-corrected chi connectivity index (χ0v) is 24.9. The number of nitrogens with one attached hydrogen (secondary N) is 1. The van der Waals surface area contributed by atoms with Gasteiger partial charge in [0.15, 0.2) is 0 Å². The number of hydrogen-bond donors (Lipinski definition) is 1. The van der Waals surface area contributed by atoms with Crippen molar-refractivity contribution in [3.63, 3.8) is 0 Å². The SMILES string of the molecule is COc1ccc(S(=O)(=O)N(CC(=O)N(Cc2ccc(Br)cc2)C(C)C(=O)NCC(C)C)c2ccccc2)cc1. The normalized spacial score (nSPS) is 12.1. The maximum absolute atomic E-state index is 13.9. The molecule has 0 aromatic heterocycles. The van der Waals surface area contributed by atoms with Gasteiger partial charge in [0.2, 0.25) is 11.8 Å². The summed E-state index contributed by atoms with van der Waals surface area (Å²) in [5.41, 5.74) is 1.14. The Hall–Kier alpha value is -3.37. The molecule has 208 valence electrons. The predicted molar refractivity (Wildman–Crippen MR) is 156 cm³/mol. The van der Waals surface area contributed by atoms with E-state index in [2.05, 4.69) is 21.2 Å². The first-order valence-corrected chi connectivity index (χ1v) is 14.8. The number of ether oxygens (including phenoxy) is 1. The molecule has 0 saturated carbocycles. The smallest absolute Gasteiger partial charge is 0.264 e. The lowest BCUT2D eigenvalue weighted by Gasteiger charge is -2.32. The number of anilines is 1. The van der Waals surface area contributed by atoms with E-state index in [0.717, 1.165) is 14.3 Å². The molecule has 1 unspecified atom stereocenters. The van der Waals surface area contributed by atoms with E-state index >= 15 is 0 Å². The fraction of sp³-hybridized carbons (Fsp3) is 0.310. The molecule has 0 spiro atoms. The second kappa shape index (κ2) is 13.6. The van der Waals surface area contributed by atoms with E-state index in [1.165, 1.54) is 24.1 Å². The highest BCUT2D eigenvalue weighted by molar-refractivity contribution is 9.10. The van der Waals surface area contributed by atoms with Crippen LogP contribution in [0.5, 0.6) is 5.75 Å². The molecule has 3 rings (SSSR count).